The van der Waals surface area contributed by atoms with E-state index in [1.807, 2.05) is 71.9 Å². The van der Waals surface area contributed by atoms with Gasteiger partial charge in [-0.2, -0.15) is 0 Å². The van der Waals surface area contributed by atoms with E-state index in [-0.39, 0.29) is 18.4 Å². The molecule has 5 nitrogen and oxygen atoms in total. The molecule has 0 aromatic heterocycles. The number of hydrogen-bond acceptors (Lipinski definition) is 3. The van der Waals surface area contributed by atoms with Gasteiger partial charge in [0.2, 0.25) is 5.91 Å². The Labute approximate surface area is 186 Å². The minimum absolute atomic E-state index is 0.114. The summed E-state index contributed by atoms with van der Waals surface area (Å²) in [5, 5.41) is 2.94. The largest absolute Gasteiger partial charge is 0.483 e. The second-order valence-electron chi connectivity index (χ2n) is 8.82. The number of benzene rings is 2. The fraction of sp³-hybridized carbons (Fsp3) is 0.462. The van der Waals surface area contributed by atoms with Gasteiger partial charge in [0.25, 0.3) is 5.91 Å². The van der Waals surface area contributed by atoms with Crippen molar-refractivity contribution in [2.24, 2.45) is 5.92 Å². The SMILES string of the molecule is Cc1ccc(CN(C(=O)COc2cc(C)cc(C)c2C)[C@@H](C)C(=O)NCC(C)C)cc1. The Hall–Kier alpha value is -2.82. The molecule has 0 radical (unpaired) electrons. The molecular weight excluding hydrogens is 388 g/mol. The Morgan fingerprint density at radius 1 is 0.968 bits per heavy atom. The molecule has 0 fully saturated rings. The Balaban J connectivity index is 2.18. The molecule has 0 aliphatic heterocycles. The molecule has 2 aromatic carbocycles. The lowest BCUT2D eigenvalue weighted by Crippen LogP contribution is -2.49. The Morgan fingerprint density at radius 2 is 1.61 bits per heavy atom. The van der Waals surface area contributed by atoms with Gasteiger partial charge >= 0.3 is 0 Å². The van der Waals surface area contributed by atoms with E-state index in [1.54, 1.807) is 11.8 Å². The lowest BCUT2D eigenvalue weighted by atomic mass is 10.1. The van der Waals surface area contributed by atoms with Gasteiger partial charge in [-0.25, -0.2) is 0 Å². The van der Waals surface area contributed by atoms with Crippen LogP contribution in [-0.2, 0) is 16.1 Å². The van der Waals surface area contributed by atoms with Crippen molar-refractivity contribution in [2.75, 3.05) is 13.2 Å². The highest BCUT2D eigenvalue weighted by Crippen LogP contribution is 2.23. The Kier molecular flexibility index (Phi) is 8.66. The first-order valence-corrected chi connectivity index (χ1v) is 10.9. The van der Waals surface area contributed by atoms with Crippen molar-refractivity contribution < 1.29 is 14.3 Å². The van der Waals surface area contributed by atoms with Gasteiger partial charge in [0.1, 0.15) is 11.8 Å². The molecule has 0 aliphatic rings. The minimum Gasteiger partial charge on any atom is -0.483 e. The highest BCUT2D eigenvalue weighted by Gasteiger charge is 2.26. The average Bonchev–Trinajstić information content (AvgIpc) is 2.72. The molecule has 0 unspecified atom stereocenters. The molecule has 1 atom stereocenters. The molecule has 0 spiro atoms. The number of aryl methyl sites for hydroxylation is 3. The minimum atomic E-state index is -0.600. The molecule has 0 bridgehead atoms. The van der Waals surface area contributed by atoms with Gasteiger partial charge in [-0.3, -0.25) is 9.59 Å². The Morgan fingerprint density at radius 3 is 2.23 bits per heavy atom. The first-order valence-electron chi connectivity index (χ1n) is 10.9. The van der Waals surface area contributed by atoms with E-state index in [9.17, 15) is 9.59 Å². The summed E-state index contributed by atoms with van der Waals surface area (Å²) >= 11 is 0. The van der Waals surface area contributed by atoms with Crippen LogP contribution in [0.2, 0.25) is 0 Å². The van der Waals surface area contributed by atoms with Crippen LogP contribution in [0.5, 0.6) is 5.75 Å². The van der Waals surface area contributed by atoms with Crippen molar-refractivity contribution in [2.45, 2.75) is 61.1 Å². The van der Waals surface area contributed by atoms with Gasteiger partial charge in [0, 0.05) is 13.1 Å². The second kappa shape index (κ2) is 11.0. The molecular formula is C26H36N2O3. The van der Waals surface area contributed by atoms with Crippen molar-refractivity contribution in [3.05, 3.63) is 64.2 Å². The zero-order valence-corrected chi connectivity index (χ0v) is 19.9. The maximum absolute atomic E-state index is 13.2. The van der Waals surface area contributed by atoms with Crippen LogP contribution in [0, 0.1) is 33.6 Å². The summed E-state index contributed by atoms with van der Waals surface area (Å²) < 4.78 is 5.90. The molecule has 31 heavy (non-hydrogen) atoms. The van der Waals surface area contributed by atoms with E-state index in [0.29, 0.717) is 24.8 Å². The van der Waals surface area contributed by atoms with Crippen LogP contribution < -0.4 is 10.1 Å². The number of ether oxygens (including phenoxy) is 1. The van der Waals surface area contributed by atoms with E-state index in [0.717, 1.165) is 27.8 Å². The van der Waals surface area contributed by atoms with Crippen LogP contribution in [-0.4, -0.2) is 35.9 Å². The summed E-state index contributed by atoms with van der Waals surface area (Å²) in [5.74, 6) is 0.675. The summed E-state index contributed by atoms with van der Waals surface area (Å²) in [4.78, 5) is 27.5. The third-order valence-electron chi connectivity index (χ3n) is 5.44. The summed E-state index contributed by atoms with van der Waals surface area (Å²) in [6, 6.07) is 11.4. The first-order chi connectivity index (χ1) is 14.6. The van der Waals surface area contributed by atoms with Crippen LogP contribution in [0.15, 0.2) is 36.4 Å². The predicted molar refractivity (Wildman–Crippen MR) is 125 cm³/mol. The third kappa shape index (κ3) is 7.12. The number of carbonyl (C=O) groups excluding carboxylic acids is 2. The first kappa shape index (κ1) is 24.4. The second-order valence-corrected chi connectivity index (χ2v) is 8.82. The normalized spacial score (nSPS) is 11.9. The zero-order valence-electron chi connectivity index (χ0n) is 19.9. The highest BCUT2D eigenvalue weighted by atomic mass is 16.5. The van der Waals surface area contributed by atoms with Gasteiger partial charge in [-0.05, 0) is 68.9 Å². The van der Waals surface area contributed by atoms with Crippen molar-refractivity contribution in [1.82, 2.24) is 10.2 Å². The summed E-state index contributed by atoms with van der Waals surface area (Å²) in [7, 11) is 0. The predicted octanol–water partition coefficient (Wildman–Crippen LogP) is 4.49. The standard InChI is InChI=1S/C26H36N2O3/c1-17(2)14-27-26(30)22(7)28(15-23-10-8-18(3)9-11-23)25(29)16-31-24-13-19(4)12-20(5)21(24)6/h8-13,17,22H,14-16H2,1-7H3,(H,27,30)/t22-/m0/s1. The third-order valence-corrected chi connectivity index (χ3v) is 5.44. The van der Waals surface area contributed by atoms with E-state index >= 15 is 0 Å². The van der Waals surface area contributed by atoms with Crippen molar-refractivity contribution in [3.8, 4) is 5.75 Å². The van der Waals surface area contributed by atoms with Crippen LogP contribution in [0.4, 0.5) is 0 Å². The van der Waals surface area contributed by atoms with Gasteiger partial charge in [0.15, 0.2) is 6.61 Å². The molecule has 168 valence electrons. The number of carbonyl (C=O) groups is 2. The molecule has 2 rings (SSSR count). The molecule has 0 saturated heterocycles. The van der Waals surface area contributed by atoms with E-state index < -0.39 is 6.04 Å². The van der Waals surface area contributed by atoms with Gasteiger partial charge in [-0.15, -0.1) is 0 Å². The Bertz CT molecular complexity index is 904. The van der Waals surface area contributed by atoms with Crippen molar-refractivity contribution in [3.63, 3.8) is 0 Å². The lowest BCUT2D eigenvalue weighted by molar-refractivity contribution is -0.142. The topological polar surface area (TPSA) is 58.6 Å². The lowest BCUT2D eigenvalue weighted by Gasteiger charge is -2.29. The molecule has 2 aromatic rings. The summed E-state index contributed by atoms with van der Waals surface area (Å²) in [6.07, 6.45) is 0. The van der Waals surface area contributed by atoms with Crippen LogP contribution in [0.25, 0.3) is 0 Å². The number of nitrogens with one attached hydrogen (secondary N) is 1. The monoisotopic (exact) mass is 424 g/mol. The zero-order chi connectivity index (χ0) is 23.1. The van der Waals surface area contributed by atoms with Crippen molar-refractivity contribution >= 4 is 11.8 Å². The molecule has 2 amide bonds. The highest BCUT2D eigenvalue weighted by molar-refractivity contribution is 5.88. The van der Waals surface area contributed by atoms with Crippen LogP contribution in [0.1, 0.15) is 48.6 Å². The number of hydrogen-bond donors (Lipinski definition) is 1. The van der Waals surface area contributed by atoms with E-state index in [1.165, 1.54) is 0 Å². The molecule has 0 heterocycles. The molecule has 5 heteroatoms. The molecule has 1 N–H and O–H groups in total. The smallest absolute Gasteiger partial charge is 0.261 e. The van der Waals surface area contributed by atoms with Crippen molar-refractivity contribution in [1.29, 1.82) is 0 Å². The molecule has 0 aliphatic carbocycles. The van der Waals surface area contributed by atoms with Crippen LogP contribution in [0.3, 0.4) is 0 Å². The quantitative estimate of drug-likeness (QED) is 0.645. The molecule has 0 saturated carbocycles. The van der Waals surface area contributed by atoms with Gasteiger partial charge < -0.3 is 15.0 Å². The fourth-order valence-corrected chi connectivity index (χ4v) is 3.30. The average molecular weight is 425 g/mol. The fourth-order valence-electron chi connectivity index (χ4n) is 3.30. The van der Waals surface area contributed by atoms with E-state index in [4.69, 9.17) is 4.74 Å². The maximum Gasteiger partial charge on any atom is 0.261 e. The summed E-state index contributed by atoms with van der Waals surface area (Å²) in [6.45, 7) is 14.7. The summed E-state index contributed by atoms with van der Waals surface area (Å²) in [5.41, 5.74) is 5.36. The van der Waals surface area contributed by atoms with Gasteiger partial charge in [0.05, 0.1) is 0 Å². The maximum atomic E-state index is 13.2. The van der Waals surface area contributed by atoms with Crippen LogP contribution >= 0.6 is 0 Å². The number of amides is 2. The van der Waals surface area contributed by atoms with Gasteiger partial charge in [-0.1, -0.05) is 49.7 Å². The number of nitrogens with zero attached hydrogens (tertiary/aromatic N) is 1. The number of rotatable bonds is 9. The van der Waals surface area contributed by atoms with E-state index in [2.05, 4.69) is 11.4 Å².